The van der Waals surface area contributed by atoms with Gasteiger partial charge in [-0.05, 0) is 16.7 Å². The quantitative estimate of drug-likeness (QED) is 0.165. The Morgan fingerprint density at radius 3 is 0.891 bits per heavy atom. The Bertz CT molecular complexity index is 1260. The highest BCUT2D eigenvalue weighted by molar-refractivity contribution is 5.85. The van der Waals surface area contributed by atoms with Crippen LogP contribution >= 0.6 is 12.4 Å². The van der Waals surface area contributed by atoms with Gasteiger partial charge in [-0.15, -0.1) is 12.4 Å². The van der Waals surface area contributed by atoms with Gasteiger partial charge in [0.1, 0.15) is 19.8 Å². The maximum absolute atomic E-state index is 11.6. The minimum absolute atomic E-state index is 0. The molecule has 0 spiro atoms. The highest BCUT2D eigenvalue weighted by Gasteiger charge is 2.13. The van der Waals surface area contributed by atoms with E-state index >= 15 is 0 Å². The second-order valence-electron chi connectivity index (χ2n) is 13.0. The summed E-state index contributed by atoms with van der Waals surface area (Å²) >= 11 is 0. The van der Waals surface area contributed by atoms with Gasteiger partial charge < -0.3 is 28.4 Å². The average molecular weight is 784 g/mol. The molecule has 12 nitrogen and oxygen atoms in total. The number of rotatable bonds is 15. The Balaban J connectivity index is 0.000000220. The number of nitrogens with zero attached hydrogens (tertiary/aromatic N) is 3. The molecular formula is C42H58ClN3O9. The number of carbonyl (C=O) groups excluding carboxylic acids is 3. The van der Waals surface area contributed by atoms with Crippen molar-refractivity contribution in [3.63, 3.8) is 0 Å². The lowest BCUT2D eigenvalue weighted by Crippen LogP contribution is -2.38. The van der Waals surface area contributed by atoms with Gasteiger partial charge in [-0.3, -0.25) is 29.1 Å². The number of ether oxygens (including phenoxy) is 6. The molecule has 0 unspecified atom stereocenters. The van der Waals surface area contributed by atoms with Crippen molar-refractivity contribution in [1.82, 2.24) is 14.7 Å². The molecule has 0 N–H and O–H groups in total. The molecule has 3 aliphatic heterocycles. The SMILES string of the molecule is Cl.O=C(Cc1ccccc1)OCCN1CCOCC1.O=C(Cc1ccccc1)OCCN1CCOCC1.O=C(Cc1ccccc1)OCCN1CCOCC1. The van der Waals surface area contributed by atoms with Crippen LogP contribution in [0, 0.1) is 0 Å². The molecule has 13 heteroatoms. The summed E-state index contributed by atoms with van der Waals surface area (Å²) in [5, 5.41) is 0. The van der Waals surface area contributed by atoms with E-state index in [1.165, 1.54) is 0 Å². The smallest absolute Gasteiger partial charge is 0.310 e. The summed E-state index contributed by atoms with van der Waals surface area (Å²) in [6.07, 6.45) is 1.05. The van der Waals surface area contributed by atoms with Gasteiger partial charge in [0.25, 0.3) is 0 Å². The molecule has 3 aromatic carbocycles. The highest BCUT2D eigenvalue weighted by Crippen LogP contribution is 2.04. The molecule has 0 saturated carbocycles. The second kappa shape index (κ2) is 28.5. The van der Waals surface area contributed by atoms with Crippen LogP contribution in [0.25, 0.3) is 0 Å². The zero-order valence-electron chi connectivity index (χ0n) is 31.9. The van der Waals surface area contributed by atoms with Crippen LogP contribution in [0.1, 0.15) is 16.7 Å². The molecule has 0 aromatic heterocycles. The zero-order chi connectivity index (χ0) is 37.9. The minimum atomic E-state index is -0.158. The molecule has 55 heavy (non-hydrogen) atoms. The molecule has 3 aromatic rings. The number of esters is 3. The van der Waals surface area contributed by atoms with Crippen molar-refractivity contribution in [3.05, 3.63) is 108 Å². The van der Waals surface area contributed by atoms with Gasteiger partial charge in [0.15, 0.2) is 0 Å². The normalized spacial score (nSPS) is 16.1. The van der Waals surface area contributed by atoms with Crippen molar-refractivity contribution in [2.75, 3.05) is 118 Å². The predicted octanol–water partition coefficient (Wildman–Crippen LogP) is 3.74. The number of morpholine rings is 3. The van der Waals surface area contributed by atoms with Crippen LogP contribution in [0.3, 0.4) is 0 Å². The Morgan fingerprint density at radius 1 is 0.418 bits per heavy atom. The summed E-state index contributed by atoms with van der Waals surface area (Å²) in [6, 6.07) is 29.0. The Labute approximate surface area is 332 Å². The van der Waals surface area contributed by atoms with Gasteiger partial charge >= 0.3 is 17.9 Å². The number of carbonyl (C=O) groups is 3. The van der Waals surface area contributed by atoms with Crippen LogP contribution in [-0.2, 0) is 62.1 Å². The fourth-order valence-electron chi connectivity index (χ4n) is 5.78. The first-order chi connectivity index (χ1) is 26.5. The van der Waals surface area contributed by atoms with Crippen molar-refractivity contribution < 1.29 is 42.8 Å². The summed E-state index contributed by atoms with van der Waals surface area (Å²) in [5.74, 6) is -0.474. The van der Waals surface area contributed by atoms with Crippen molar-refractivity contribution in [1.29, 1.82) is 0 Å². The van der Waals surface area contributed by atoms with Crippen LogP contribution < -0.4 is 0 Å². The minimum Gasteiger partial charge on any atom is -0.464 e. The second-order valence-corrected chi connectivity index (χ2v) is 13.0. The topological polar surface area (TPSA) is 116 Å². The van der Waals surface area contributed by atoms with Crippen LogP contribution in [0.15, 0.2) is 91.0 Å². The molecule has 0 amide bonds. The first kappa shape index (κ1) is 45.5. The summed E-state index contributed by atoms with van der Waals surface area (Å²) < 4.78 is 31.5. The number of halogens is 1. The maximum Gasteiger partial charge on any atom is 0.310 e. The fraction of sp³-hybridized carbons (Fsp3) is 0.500. The van der Waals surface area contributed by atoms with E-state index in [-0.39, 0.29) is 30.3 Å². The van der Waals surface area contributed by atoms with Crippen LogP contribution in [0.5, 0.6) is 0 Å². The molecule has 3 fully saturated rings. The molecule has 3 saturated heterocycles. The van der Waals surface area contributed by atoms with Crippen LogP contribution in [-0.4, -0.2) is 151 Å². The van der Waals surface area contributed by atoms with E-state index in [1.54, 1.807) is 0 Å². The Morgan fingerprint density at radius 2 is 0.655 bits per heavy atom. The van der Waals surface area contributed by atoms with Crippen LogP contribution in [0.2, 0.25) is 0 Å². The van der Waals surface area contributed by atoms with Crippen molar-refractivity contribution in [2.24, 2.45) is 0 Å². The molecule has 0 bridgehead atoms. The third-order valence-corrected chi connectivity index (χ3v) is 8.90. The van der Waals surface area contributed by atoms with Crippen LogP contribution in [0.4, 0.5) is 0 Å². The number of benzene rings is 3. The standard InChI is InChI=1S/3C14H19NO3.ClH/c3*16-14(12-13-4-2-1-3-5-13)18-11-8-15-6-9-17-10-7-15;/h3*1-5H,6-12H2;1H. The molecule has 302 valence electrons. The fourth-order valence-corrected chi connectivity index (χ4v) is 5.78. The molecular weight excluding hydrogens is 726 g/mol. The van der Waals surface area contributed by atoms with E-state index in [1.807, 2.05) is 91.0 Å². The lowest BCUT2D eigenvalue weighted by molar-refractivity contribution is -0.144. The van der Waals surface area contributed by atoms with E-state index in [9.17, 15) is 14.4 Å². The highest BCUT2D eigenvalue weighted by atomic mass is 35.5. The average Bonchev–Trinajstić information content (AvgIpc) is 3.21. The first-order valence-corrected chi connectivity index (χ1v) is 19.0. The lowest BCUT2D eigenvalue weighted by Gasteiger charge is -2.26. The first-order valence-electron chi connectivity index (χ1n) is 19.0. The summed E-state index contributed by atoms with van der Waals surface area (Å²) in [4.78, 5) is 41.5. The van der Waals surface area contributed by atoms with E-state index in [0.29, 0.717) is 39.1 Å². The Kier molecular flexibility index (Phi) is 23.6. The van der Waals surface area contributed by atoms with Gasteiger partial charge in [0, 0.05) is 58.9 Å². The van der Waals surface area contributed by atoms with Gasteiger partial charge in [0.05, 0.1) is 58.9 Å². The van der Waals surface area contributed by atoms with E-state index in [0.717, 1.165) is 115 Å². The predicted molar refractivity (Wildman–Crippen MR) is 212 cm³/mol. The van der Waals surface area contributed by atoms with E-state index in [4.69, 9.17) is 28.4 Å². The summed E-state index contributed by atoms with van der Waals surface area (Å²) in [5.41, 5.74) is 2.98. The summed E-state index contributed by atoms with van der Waals surface area (Å²) in [7, 11) is 0. The molecule has 3 heterocycles. The van der Waals surface area contributed by atoms with Gasteiger partial charge in [-0.2, -0.15) is 0 Å². The molecule has 0 aliphatic carbocycles. The van der Waals surface area contributed by atoms with Crippen molar-refractivity contribution >= 4 is 30.3 Å². The number of hydrogen-bond acceptors (Lipinski definition) is 12. The van der Waals surface area contributed by atoms with E-state index in [2.05, 4.69) is 14.7 Å². The third-order valence-electron chi connectivity index (χ3n) is 8.90. The Hall–Kier alpha value is -3.88. The van der Waals surface area contributed by atoms with E-state index < -0.39 is 0 Å². The third kappa shape index (κ3) is 21.1. The van der Waals surface area contributed by atoms with Gasteiger partial charge in [-0.25, -0.2) is 0 Å². The van der Waals surface area contributed by atoms with Gasteiger partial charge in [0.2, 0.25) is 0 Å². The zero-order valence-corrected chi connectivity index (χ0v) is 32.8. The van der Waals surface area contributed by atoms with Crippen molar-refractivity contribution in [2.45, 2.75) is 19.3 Å². The molecule has 6 rings (SSSR count). The molecule has 3 aliphatic rings. The molecule has 0 radical (unpaired) electrons. The summed E-state index contributed by atoms with van der Waals surface area (Å²) in [6.45, 7) is 14.0. The monoisotopic (exact) mass is 783 g/mol. The van der Waals surface area contributed by atoms with Gasteiger partial charge in [-0.1, -0.05) is 91.0 Å². The molecule has 0 atom stereocenters. The van der Waals surface area contributed by atoms with Crippen molar-refractivity contribution in [3.8, 4) is 0 Å². The lowest BCUT2D eigenvalue weighted by atomic mass is 10.2. The largest absolute Gasteiger partial charge is 0.464 e. The maximum atomic E-state index is 11.6. The number of hydrogen-bond donors (Lipinski definition) is 0.